The van der Waals surface area contributed by atoms with Crippen LogP contribution in [0.25, 0.3) is 0 Å². The summed E-state index contributed by atoms with van der Waals surface area (Å²) in [5.74, 6) is 0.437. The molecular weight excluding hydrogens is 224 g/mol. The average Bonchev–Trinajstić information content (AvgIpc) is 2.83. The van der Waals surface area contributed by atoms with E-state index in [0.717, 1.165) is 19.3 Å². The highest BCUT2D eigenvalue weighted by molar-refractivity contribution is 5.28. The fraction of sp³-hybridized carbons (Fsp3) is 0.667. The average molecular weight is 246 g/mol. The van der Waals surface area contributed by atoms with Gasteiger partial charge < -0.3 is 10.4 Å². The molecule has 2 aliphatic carbocycles. The summed E-state index contributed by atoms with van der Waals surface area (Å²) < 4.78 is 0. The van der Waals surface area contributed by atoms with E-state index in [1.54, 1.807) is 0 Å². The number of hydrogen-bond acceptors (Lipinski definition) is 3. The van der Waals surface area contributed by atoms with E-state index in [1.165, 1.54) is 30.5 Å². The summed E-state index contributed by atoms with van der Waals surface area (Å²) in [6.45, 7) is 0.319. The van der Waals surface area contributed by atoms with Crippen LogP contribution in [0, 0.1) is 5.92 Å². The molecule has 3 unspecified atom stereocenters. The predicted octanol–water partition coefficient (Wildman–Crippen LogP) is 2.21. The summed E-state index contributed by atoms with van der Waals surface area (Å²) in [4.78, 5) is 4.53. The van der Waals surface area contributed by atoms with Crippen LogP contribution >= 0.6 is 0 Å². The summed E-state index contributed by atoms with van der Waals surface area (Å²) in [5.41, 5.74) is 2.63. The van der Waals surface area contributed by atoms with Gasteiger partial charge in [0.2, 0.25) is 0 Å². The van der Waals surface area contributed by atoms with Crippen molar-refractivity contribution < 1.29 is 5.11 Å². The predicted molar refractivity (Wildman–Crippen MR) is 71.3 cm³/mol. The summed E-state index contributed by atoms with van der Waals surface area (Å²) in [5, 5.41) is 13.2. The minimum Gasteiger partial charge on any atom is -0.396 e. The largest absolute Gasteiger partial charge is 0.396 e. The van der Waals surface area contributed by atoms with Crippen LogP contribution in [0.1, 0.15) is 49.4 Å². The lowest BCUT2D eigenvalue weighted by Gasteiger charge is -2.33. The zero-order valence-corrected chi connectivity index (χ0v) is 10.8. The number of aromatic nitrogens is 1. The highest BCUT2D eigenvalue weighted by Crippen LogP contribution is 2.32. The summed E-state index contributed by atoms with van der Waals surface area (Å²) in [7, 11) is 0. The van der Waals surface area contributed by atoms with Gasteiger partial charge in [0, 0.05) is 18.8 Å². The molecule has 3 heteroatoms. The first-order chi connectivity index (χ1) is 8.88. The van der Waals surface area contributed by atoms with Crippen molar-refractivity contribution in [2.75, 3.05) is 6.61 Å². The molecule has 0 aliphatic heterocycles. The second-order valence-electron chi connectivity index (χ2n) is 5.64. The molecule has 0 aromatic carbocycles. The van der Waals surface area contributed by atoms with E-state index in [1.807, 2.05) is 12.3 Å². The monoisotopic (exact) mass is 246 g/mol. The van der Waals surface area contributed by atoms with Crippen molar-refractivity contribution in [1.82, 2.24) is 10.3 Å². The van der Waals surface area contributed by atoms with Gasteiger partial charge >= 0.3 is 0 Å². The van der Waals surface area contributed by atoms with E-state index in [2.05, 4.69) is 16.4 Å². The standard InChI is InChI=1S/C15H22N2O/c18-10-12-4-1-2-6-13(12)17-14-8-7-11-5-3-9-16-15(11)14/h3,5,9,12-14,17-18H,1-2,4,6-8,10H2. The van der Waals surface area contributed by atoms with Crippen molar-refractivity contribution in [2.45, 2.75) is 50.6 Å². The summed E-state index contributed by atoms with van der Waals surface area (Å²) in [6.07, 6.45) is 9.10. The fourth-order valence-corrected chi connectivity index (χ4v) is 3.48. The molecule has 3 atom stereocenters. The Hall–Kier alpha value is -0.930. The van der Waals surface area contributed by atoms with Gasteiger partial charge in [-0.15, -0.1) is 0 Å². The van der Waals surface area contributed by atoms with Gasteiger partial charge in [0.25, 0.3) is 0 Å². The van der Waals surface area contributed by atoms with Gasteiger partial charge in [-0.05, 0) is 43.2 Å². The Morgan fingerprint density at radius 1 is 1.28 bits per heavy atom. The molecule has 3 nitrogen and oxygen atoms in total. The third-order valence-corrected chi connectivity index (χ3v) is 4.52. The normalized spacial score (nSPS) is 31.3. The zero-order chi connectivity index (χ0) is 12.4. The van der Waals surface area contributed by atoms with Crippen molar-refractivity contribution >= 4 is 0 Å². The lowest BCUT2D eigenvalue weighted by molar-refractivity contribution is 0.145. The number of pyridine rings is 1. The minimum atomic E-state index is 0.319. The lowest BCUT2D eigenvalue weighted by atomic mass is 9.84. The first-order valence-corrected chi connectivity index (χ1v) is 7.19. The van der Waals surface area contributed by atoms with Crippen LogP contribution in [-0.4, -0.2) is 22.7 Å². The Kier molecular flexibility index (Phi) is 3.62. The van der Waals surface area contributed by atoms with E-state index in [-0.39, 0.29) is 0 Å². The van der Waals surface area contributed by atoms with Gasteiger partial charge in [0.1, 0.15) is 0 Å². The molecule has 1 aromatic heterocycles. The van der Waals surface area contributed by atoms with Gasteiger partial charge in [-0.3, -0.25) is 4.98 Å². The van der Waals surface area contributed by atoms with E-state index in [0.29, 0.717) is 24.6 Å². The molecule has 98 valence electrons. The van der Waals surface area contributed by atoms with Crippen LogP contribution in [0.4, 0.5) is 0 Å². The van der Waals surface area contributed by atoms with Crippen molar-refractivity contribution in [3.8, 4) is 0 Å². The first kappa shape index (κ1) is 12.1. The third-order valence-electron chi connectivity index (χ3n) is 4.52. The number of fused-ring (bicyclic) bond motifs is 1. The second-order valence-corrected chi connectivity index (χ2v) is 5.64. The van der Waals surface area contributed by atoms with Crippen molar-refractivity contribution in [2.24, 2.45) is 5.92 Å². The molecule has 0 amide bonds. The summed E-state index contributed by atoms with van der Waals surface area (Å²) >= 11 is 0. The Balaban J connectivity index is 1.70. The molecule has 1 saturated carbocycles. The molecule has 0 saturated heterocycles. The summed E-state index contributed by atoms with van der Waals surface area (Å²) in [6, 6.07) is 5.09. The SMILES string of the molecule is OCC1CCCCC1NC1CCc2cccnc21. The maximum Gasteiger partial charge on any atom is 0.0605 e. The van der Waals surface area contributed by atoms with E-state index < -0.39 is 0 Å². The van der Waals surface area contributed by atoms with Gasteiger partial charge in [-0.1, -0.05) is 18.9 Å². The van der Waals surface area contributed by atoms with E-state index in [9.17, 15) is 5.11 Å². The van der Waals surface area contributed by atoms with Crippen molar-refractivity contribution in [1.29, 1.82) is 0 Å². The Morgan fingerprint density at radius 3 is 3.06 bits per heavy atom. The van der Waals surface area contributed by atoms with Crippen LogP contribution in [0.15, 0.2) is 18.3 Å². The third kappa shape index (κ3) is 2.29. The number of aliphatic hydroxyl groups is 1. The topological polar surface area (TPSA) is 45.1 Å². The molecule has 2 N–H and O–H groups in total. The molecule has 18 heavy (non-hydrogen) atoms. The smallest absolute Gasteiger partial charge is 0.0605 e. The number of nitrogens with zero attached hydrogens (tertiary/aromatic N) is 1. The van der Waals surface area contributed by atoms with Crippen LogP contribution in [-0.2, 0) is 6.42 Å². The molecular formula is C15H22N2O. The zero-order valence-electron chi connectivity index (χ0n) is 10.8. The quantitative estimate of drug-likeness (QED) is 0.859. The van der Waals surface area contributed by atoms with Crippen LogP contribution < -0.4 is 5.32 Å². The maximum absolute atomic E-state index is 9.47. The van der Waals surface area contributed by atoms with Crippen LogP contribution in [0.3, 0.4) is 0 Å². The van der Waals surface area contributed by atoms with E-state index in [4.69, 9.17) is 0 Å². The van der Waals surface area contributed by atoms with Crippen LogP contribution in [0.2, 0.25) is 0 Å². The number of hydrogen-bond donors (Lipinski definition) is 2. The highest BCUT2D eigenvalue weighted by atomic mass is 16.3. The highest BCUT2D eigenvalue weighted by Gasteiger charge is 2.30. The van der Waals surface area contributed by atoms with E-state index >= 15 is 0 Å². The lowest BCUT2D eigenvalue weighted by Crippen LogP contribution is -2.41. The van der Waals surface area contributed by atoms with Crippen LogP contribution in [0.5, 0.6) is 0 Å². The molecule has 0 bridgehead atoms. The van der Waals surface area contributed by atoms with Gasteiger partial charge in [0.15, 0.2) is 0 Å². The molecule has 2 aliphatic rings. The molecule has 0 spiro atoms. The Bertz CT molecular complexity index is 407. The Labute approximate surface area is 109 Å². The molecule has 1 fully saturated rings. The number of aryl methyl sites for hydroxylation is 1. The van der Waals surface area contributed by atoms with Gasteiger partial charge in [0.05, 0.1) is 11.7 Å². The van der Waals surface area contributed by atoms with Crippen molar-refractivity contribution in [3.63, 3.8) is 0 Å². The molecule has 3 rings (SSSR count). The van der Waals surface area contributed by atoms with Crippen molar-refractivity contribution in [3.05, 3.63) is 29.6 Å². The number of nitrogens with one attached hydrogen (secondary N) is 1. The number of rotatable bonds is 3. The Morgan fingerprint density at radius 2 is 2.17 bits per heavy atom. The minimum absolute atomic E-state index is 0.319. The van der Waals surface area contributed by atoms with Gasteiger partial charge in [-0.25, -0.2) is 0 Å². The second kappa shape index (κ2) is 5.37. The first-order valence-electron chi connectivity index (χ1n) is 7.19. The van der Waals surface area contributed by atoms with Gasteiger partial charge in [-0.2, -0.15) is 0 Å². The molecule has 1 aromatic rings. The fourth-order valence-electron chi connectivity index (χ4n) is 3.48. The number of aliphatic hydroxyl groups excluding tert-OH is 1. The maximum atomic E-state index is 9.47. The molecule has 1 heterocycles. The molecule has 0 radical (unpaired) electrons.